The van der Waals surface area contributed by atoms with Gasteiger partial charge in [0.1, 0.15) is 11.3 Å². The lowest BCUT2D eigenvalue weighted by Gasteiger charge is -2.30. The molecule has 0 bridgehead atoms. The molecule has 2 aromatic rings. The number of likely N-dealkylation sites (tertiary alicyclic amines) is 1. The van der Waals surface area contributed by atoms with Gasteiger partial charge < -0.3 is 14.2 Å². The Balaban J connectivity index is 1.77. The summed E-state index contributed by atoms with van der Waals surface area (Å²) in [5.74, 6) is 1.90. The van der Waals surface area contributed by atoms with E-state index in [-0.39, 0.29) is 0 Å². The minimum absolute atomic E-state index is 0.698. The molecule has 5 nitrogen and oxygen atoms in total. The molecule has 0 atom stereocenters. The number of ether oxygens (including phenoxy) is 1. The van der Waals surface area contributed by atoms with Crippen LogP contribution in [0.15, 0.2) is 18.3 Å². The zero-order valence-corrected chi connectivity index (χ0v) is 13.7. The summed E-state index contributed by atoms with van der Waals surface area (Å²) in [6.45, 7) is 7.38. The van der Waals surface area contributed by atoms with Crippen LogP contribution in [0.1, 0.15) is 25.6 Å². The predicted molar refractivity (Wildman–Crippen MR) is 87.9 cm³/mol. The zero-order valence-electron chi connectivity index (χ0n) is 13.7. The van der Waals surface area contributed by atoms with Crippen molar-refractivity contribution in [1.29, 1.82) is 0 Å². The van der Waals surface area contributed by atoms with Crippen LogP contribution in [0.3, 0.4) is 0 Å². The summed E-state index contributed by atoms with van der Waals surface area (Å²) in [7, 11) is 1.74. The third-order valence-electron chi connectivity index (χ3n) is 4.73. The topological polar surface area (TPSA) is 43.2 Å². The highest BCUT2D eigenvalue weighted by Crippen LogP contribution is 2.23. The molecule has 3 heterocycles. The summed E-state index contributed by atoms with van der Waals surface area (Å²) in [6, 6.07) is 4.01. The lowest BCUT2D eigenvalue weighted by Crippen LogP contribution is -2.34. The lowest BCUT2D eigenvalue weighted by molar-refractivity contribution is 0.181. The zero-order chi connectivity index (χ0) is 15.4. The van der Waals surface area contributed by atoms with Crippen molar-refractivity contribution in [3.8, 4) is 0 Å². The maximum Gasteiger partial charge on any atom is 0.160 e. The molecule has 0 aliphatic carbocycles. The van der Waals surface area contributed by atoms with Gasteiger partial charge in [0.25, 0.3) is 0 Å². The molecule has 0 amide bonds. The number of fused-ring (bicyclic) bond motifs is 1. The van der Waals surface area contributed by atoms with Gasteiger partial charge in [0.05, 0.1) is 6.61 Å². The number of piperidine rings is 1. The van der Waals surface area contributed by atoms with Crippen LogP contribution in [0, 0.1) is 5.92 Å². The maximum absolute atomic E-state index is 5.25. The highest BCUT2D eigenvalue weighted by molar-refractivity contribution is 5.71. The van der Waals surface area contributed by atoms with E-state index >= 15 is 0 Å². The molecule has 0 N–H and O–H groups in total. The standard InChI is InChI=1S/C17H26N4O/c1-3-20-9-6-14(7-10-20)13-16-19-15-5-4-8-18-17(15)21(16)11-12-22-2/h4-5,8,14H,3,6-7,9-13H2,1-2H3. The number of nitrogens with zero attached hydrogens (tertiary/aromatic N) is 4. The molecule has 0 aromatic carbocycles. The molecule has 0 saturated carbocycles. The molecule has 2 aromatic heterocycles. The second kappa shape index (κ2) is 7.20. The summed E-state index contributed by atoms with van der Waals surface area (Å²) in [6.07, 6.45) is 5.44. The van der Waals surface area contributed by atoms with Crippen molar-refractivity contribution in [2.24, 2.45) is 5.92 Å². The van der Waals surface area contributed by atoms with Gasteiger partial charge in [0.15, 0.2) is 5.65 Å². The summed E-state index contributed by atoms with van der Waals surface area (Å²) in [5, 5.41) is 0. The van der Waals surface area contributed by atoms with Gasteiger partial charge in [-0.15, -0.1) is 0 Å². The normalized spacial score (nSPS) is 17.4. The molecular weight excluding hydrogens is 276 g/mol. The molecule has 0 radical (unpaired) electrons. The van der Waals surface area contributed by atoms with Gasteiger partial charge in [0, 0.05) is 26.3 Å². The van der Waals surface area contributed by atoms with Crippen molar-refractivity contribution in [2.45, 2.75) is 32.7 Å². The summed E-state index contributed by atoms with van der Waals surface area (Å²) >= 11 is 0. The molecule has 1 aliphatic heterocycles. The van der Waals surface area contributed by atoms with E-state index < -0.39 is 0 Å². The van der Waals surface area contributed by atoms with Crippen molar-refractivity contribution in [2.75, 3.05) is 33.4 Å². The Kier molecular flexibility index (Phi) is 5.05. The number of hydrogen-bond acceptors (Lipinski definition) is 4. The molecule has 120 valence electrons. The first-order chi connectivity index (χ1) is 10.8. The minimum atomic E-state index is 0.698. The predicted octanol–water partition coefficient (Wildman–Crippen LogP) is 2.35. The molecule has 0 spiro atoms. The van der Waals surface area contributed by atoms with Crippen LogP contribution < -0.4 is 0 Å². The fourth-order valence-corrected chi connectivity index (χ4v) is 3.34. The van der Waals surface area contributed by atoms with Crippen molar-refractivity contribution in [3.63, 3.8) is 0 Å². The maximum atomic E-state index is 5.25. The molecule has 3 rings (SSSR count). The summed E-state index contributed by atoms with van der Waals surface area (Å²) in [4.78, 5) is 11.9. The highest BCUT2D eigenvalue weighted by atomic mass is 16.5. The van der Waals surface area contributed by atoms with Crippen molar-refractivity contribution < 1.29 is 4.74 Å². The van der Waals surface area contributed by atoms with Crippen LogP contribution in [-0.4, -0.2) is 52.8 Å². The van der Waals surface area contributed by atoms with Crippen LogP contribution in [0.4, 0.5) is 0 Å². The molecule has 5 heteroatoms. The third kappa shape index (κ3) is 3.31. The van der Waals surface area contributed by atoms with Crippen LogP contribution in [0.25, 0.3) is 11.2 Å². The van der Waals surface area contributed by atoms with E-state index in [1.165, 1.54) is 38.3 Å². The molecule has 1 fully saturated rings. The third-order valence-corrected chi connectivity index (χ3v) is 4.73. The molecule has 1 aliphatic rings. The van der Waals surface area contributed by atoms with Crippen LogP contribution >= 0.6 is 0 Å². The van der Waals surface area contributed by atoms with E-state index in [0.717, 1.165) is 30.0 Å². The van der Waals surface area contributed by atoms with Gasteiger partial charge in [-0.25, -0.2) is 9.97 Å². The Labute approximate surface area is 132 Å². The first-order valence-corrected chi connectivity index (χ1v) is 8.33. The van der Waals surface area contributed by atoms with E-state index in [1.54, 1.807) is 7.11 Å². The molecule has 1 saturated heterocycles. The van der Waals surface area contributed by atoms with Gasteiger partial charge in [0.2, 0.25) is 0 Å². The van der Waals surface area contributed by atoms with E-state index in [9.17, 15) is 0 Å². The monoisotopic (exact) mass is 302 g/mol. The van der Waals surface area contributed by atoms with E-state index in [4.69, 9.17) is 9.72 Å². The van der Waals surface area contributed by atoms with E-state index in [2.05, 4.69) is 27.4 Å². The van der Waals surface area contributed by atoms with Gasteiger partial charge in [-0.05, 0) is 50.5 Å². The quantitative estimate of drug-likeness (QED) is 0.821. The Morgan fingerprint density at radius 2 is 2.14 bits per heavy atom. The van der Waals surface area contributed by atoms with Gasteiger partial charge in [-0.2, -0.15) is 0 Å². The van der Waals surface area contributed by atoms with E-state index in [1.807, 2.05) is 12.3 Å². The number of hydrogen-bond donors (Lipinski definition) is 0. The summed E-state index contributed by atoms with van der Waals surface area (Å²) in [5.41, 5.74) is 1.99. The Morgan fingerprint density at radius 1 is 1.32 bits per heavy atom. The average Bonchev–Trinajstić information content (AvgIpc) is 2.91. The smallest absolute Gasteiger partial charge is 0.160 e. The highest BCUT2D eigenvalue weighted by Gasteiger charge is 2.21. The van der Waals surface area contributed by atoms with Gasteiger partial charge >= 0.3 is 0 Å². The van der Waals surface area contributed by atoms with Crippen molar-refractivity contribution in [1.82, 2.24) is 19.4 Å². The van der Waals surface area contributed by atoms with Gasteiger partial charge in [-0.3, -0.25) is 0 Å². The Bertz CT molecular complexity index is 602. The fraction of sp³-hybridized carbons (Fsp3) is 0.647. The largest absolute Gasteiger partial charge is 0.383 e. The van der Waals surface area contributed by atoms with Crippen LogP contribution in [0.2, 0.25) is 0 Å². The lowest BCUT2D eigenvalue weighted by atomic mass is 9.93. The number of methoxy groups -OCH3 is 1. The van der Waals surface area contributed by atoms with Crippen molar-refractivity contribution >= 4 is 11.2 Å². The second-order valence-corrected chi connectivity index (χ2v) is 6.10. The molecule has 0 unspecified atom stereocenters. The number of pyridine rings is 1. The minimum Gasteiger partial charge on any atom is -0.383 e. The second-order valence-electron chi connectivity index (χ2n) is 6.10. The van der Waals surface area contributed by atoms with Gasteiger partial charge in [-0.1, -0.05) is 6.92 Å². The first-order valence-electron chi connectivity index (χ1n) is 8.33. The van der Waals surface area contributed by atoms with Crippen molar-refractivity contribution in [3.05, 3.63) is 24.2 Å². The fourth-order valence-electron chi connectivity index (χ4n) is 3.34. The van der Waals surface area contributed by atoms with Crippen LogP contribution in [0.5, 0.6) is 0 Å². The number of aromatic nitrogens is 3. The molecular formula is C17H26N4O. The number of imidazole rings is 1. The Morgan fingerprint density at radius 3 is 2.86 bits per heavy atom. The Hall–Kier alpha value is -1.46. The SMILES string of the molecule is CCN1CCC(Cc2nc3cccnc3n2CCOC)CC1. The molecule has 22 heavy (non-hydrogen) atoms. The van der Waals surface area contributed by atoms with E-state index in [0.29, 0.717) is 6.61 Å². The summed E-state index contributed by atoms with van der Waals surface area (Å²) < 4.78 is 7.50. The number of rotatable bonds is 6. The average molecular weight is 302 g/mol. The van der Waals surface area contributed by atoms with Crippen LogP contribution in [-0.2, 0) is 17.7 Å². The first kappa shape index (κ1) is 15.4.